The lowest BCUT2D eigenvalue weighted by Crippen LogP contribution is -2.42. The van der Waals surface area contributed by atoms with Crippen LogP contribution in [0.2, 0.25) is 5.02 Å². The first-order chi connectivity index (χ1) is 10.6. The van der Waals surface area contributed by atoms with E-state index in [9.17, 15) is 9.59 Å². The van der Waals surface area contributed by atoms with Crippen molar-refractivity contribution < 1.29 is 9.59 Å². The summed E-state index contributed by atoms with van der Waals surface area (Å²) >= 11 is 5.84. The number of hydrogen-bond donors (Lipinski definition) is 2. The lowest BCUT2D eigenvalue weighted by Gasteiger charge is -2.32. The number of piperidine rings is 1. The Hall–Kier alpha value is -1.82. The summed E-state index contributed by atoms with van der Waals surface area (Å²) in [4.78, 5) is 29.3. The number of pyridine rings is 1. The number of anilines is 1. The van der Waals surface area contributed by atoms with Crippen LogP contribution in [0.15, 0.2) is 18.3 Å². The number of amides is 2. The monoisotopic (exact) mass is 324 g/mol. The number of carbonyl (C=O) groups is 2. The topological polar surface area (TPSA) is 74.3 Å². The summed E-state index contributed by atoms with van der Waals surface area (Å²) < 4.78 is 0. The number of hydrogen-bond acceptors (Lipinski definition) is 4. The molecule has 0 unspecified atom stereocenters. The van der Waals surface area contributed by atoms with Gasteiger partial charge in [0.05, 0.1) is 5.02 Å². The second kappa shape index (κ2) is 7.98. The number of carbonyl (C=O) groups excluding carboxylic acids is 2. The Labute approximate surface area is 135 Å². The number of halogens is 1. The first-order valence-electron chi connectivity index (χ1n) is 7.45. The highest BCUT2D eigenvalue weighted by atomic mass is 35.5. The Balaban J connectivity index is 1.73. The third-order valence-electron chi connectivity index (χ3n) is 3.70. The molecule has 0 aliphatic carbocycles. The van der Waals surface area contributed by atoms with Gasteiger partial charge in [-0.2, -0.15) is 0 Å². The predicted molar refractivity (Wildman–Crippen MR) is 85.9 cm³/mol. The molecule has 0 aromatic carbocycles. The molecule has 22 heavy (non-hydrogen) atoms. The van der Waals surface area contributed by atoms with Crippen LogP contribution < -0.4 is 15.5 Å². The van der Waals surface area contributed by atoms with E-state index >= 15 is 0 Å². The van der Waals surface area contributed by atoms with Gasteiger partial charge in [0.25, 0.3) is 0 Å². The van der Waals surface area contributed by atoms with Crippen molar-refractivity contribution in [2.45, 2.75) is 19.8 Å². The molecule has 2 N–H and O–H groups in total. The van der Waals surface area contributed by atoms with Crippen LogP contribution in [-0.4, -0.2) is 43.0 Å². The highest BCUT2D eigenvalue weighted by molar-refractivity contribution is 6.30. The third kappa shape index (κ3) is 4.87. The minimum Gasteiger partial charge on any atom is -0.357 e. The lowest BCUT2D eigenvalue weighted by molar-refractivity contribution is -0.126. The summed E-state index contributed by atoms with van der Waals surface area (Å²) in [7, 11) is 0. The van der Waals surface area contributed by atoms with Gasteiger partial charge in [0.1, 0.15) is 5.82 Å². The minimum atomic E-state index is -0.0852. The molecule has 6 nitrogen and oxygen atoms in total. The zero-order valence-electron chi connectivity index (χ0n) is 12.6. The molecule has 2 heterocycles. The van der Waals surface area contributed by atoms with Crippen LogP contribution in [0.3, 0.4) is 0 Å². The van der Waals surface area contributed by atoms with Crippen molar-refractivity contribution in [1.29, 1.82) is 0 Å². The second-order valence-electron chi connectivity index (χ2n) is 5.37. The Kier molecular flexibility index (Phi) is 6.00. The van der Waals surface area contributed by atoms with E-state index in [0.717, 1.165) is 31.7 Å². The van der Waals surface area contributed by atoms with E-state index in [0.29, 0.717) is 18.1 Å². The van der Waals surface area contributed by atoms with Crippen molar-refractivity contribution in [3.63, 3.8) is 0 Å². The van der Waals surface area contributed by atoms with Gasteiger partial charge in [-0.15, -0.1) is 0 Å². The molecule has 1 saturated heterocycles. The highest BCUT2D eigenvalue weighted by Gasteiger charge is 2.25. The molecule has 1 fully saturated rings. The van der Waals surface area contributed by atoms with Gasteiger partial charge in [-0.25, -0.2) is 4.98 Å². The molecular formula is C15H21ClN4O2. The fourth-order valence-electron chi connectivity index (χ4n) is 2.49. The van der Waals surface area contributed by atoms with Crippen LogP contribution >= 0.6 is 11.6 Å². The van der Waals surface area contributed by atoms with Crippen molar-refractivity contribution in [2.75, 3.05) is 31.1 Å². The molecule has 2 amide bonds. The number of aromatic nitrogens is 1. The Morgan fingerprint density at radius 2 is 1.95 bits per heavy atom. The molecule has 0 atom stereocenters. The number of nitrogens with one attached hydrogen (secondary N) is 2. The molecule has 120 valence electrons. The Morgan fingerprint density at radius 1 is 1.27 bits per heavy atom. The van der Waals surface area contributed by atoms with Crippen LogP contribution in [-0.2, 0) is 9.59 Å². The standard InChI is InChI=1S/C15H21ClN4O2/c1-11(21)17-6-7-18-15(22)12-4-8-20(9-5-12)14-3-2-13(16)10-19-14/h2-3,10,12H,4-9H2,1H3,(H,17,21)(H,18,22). The number of nitrogens with zero attached hydrogens (tertiary/aromatic N) is 2. The van der Waals surface area contributed by atoms with Crippen LogP contribution in [0.25, 0.3) is 0 Å². The van der Waals surface area contributed by atoms with Crippen molar-refractivity contribution in [3.05, 3.63) is 23.4 Å². The van der Waals surface area contributed by atoms with Gasteiger partial charge in [0, 0.05) is 45.2 Å². The molecule has 2 rings (SSSR count). The van der Waals surface area contributed by atoms with Crippen LogP contribution in [0.5, 0.6) is 0 Å². The van der Waals surface area contributed by atoms with Gasteiger partial charge in [-0.05, 0) is 25.0 Å². The summed E-state index contributed by atoms with van der Waals surface area (Å²) in [5.74, 6) is 0.905. The summed E-state index contributed by atoms with van der Waals surface area (Å²) in [5.41, 5.74) is 0. The summed E-state index contributed by atoms with van der Waals surface area (Å²) in [6.45, 7) is 4.01. The quantitative estimate of drug-likeness (QED) is 0.798. The molecular weight excluding hydrogens is 304 g/mol. The van der Waals surface area contributed by atoms with E-state index in [1.165, 1.54) is 6.92 Å². The number of rotatable bonds is 5. The fourth-order valence-corrected chi connectivity index (χ4v) is 2.61. The molecule has 7 heteroatoms. The van der Waals surface area contributed by atoms with Crippen molar-refractivity contribution in [1.82, 2.24) is 15.6 Å². The largest absolute Gasteiger partial charge is 0.357 e. The van der Waals surface area contributed by atoms with Crippen LogP contribution in [0.1, 0.15) is 19.8 Å². The molecule has 1 aliphatic rings. The van der Waals surface area contributed by atoms with Crippen LogP contribution in [0.4, 0.5) is 5.82 Å². The normalized spacial score (nSPS) is 15.5. The van der Waals surface area contributed by atoms with E-state index < -0.39 is 0 Å². The van der Waals surface area contributed by atoms with Gasteiger partial charge in [-0.3, -0.25) is 9.59 Å². The molecule has 0 saturated carbocycles. The highest BCUT2D eigenvalue weighted by Crippen LogP contribution is 2.22. The smallest absolute Gasteiger partial charge is 0.223 e. The zero-order valence-corrected chi connectivity index (χ0v) is 13.4. The van der Waals surface area contributed by atoms with Gasteiger partial charge < -0.3 is 15.5 Å². The average molecular weight is 325 g/mol. The lowest BCUT2D eigenvalue weighted by atomic mass is 9.96. The van der Waals surface area contributed by atoms with Gasteiger partial charge in [0.2, 0.25) is 11.8 Å². The molecule has 0 bridgehead atoms. The third-order valence-corrected chi connectivity index (χ3v) is 3.92. The minimum absolute atomic E-state index is 0.0286. The predicted octanol–water partition coefficient (Wildman–Crippen LogP) is 1.20. The molecule has 0 radical (unpaired) electrons. The average Bonchev–Trinajstić information content (AvgIpc) is 2.52. The van der Waals surface area contributed by atoms with Crippen molar-refractivity contribution in [2.24, 2.45) is 5.92 Å². The first kappa shape index (κ1) is 16.5. The second-order valence-corrected chi connectivity index (χ2v) is 5.81. The molecule has 1 aliphatic heterocycles. The maximum Gasteiger partial charge on any atom is 0.223 e. The van der Waals surface area contributed by atoms with Crippen LogP contribution in [0, 0.1) is 5.92 Å². The van der Waals surface area contributed by atoms with Gasteiger partial charge in [0.15, 0.2) is 0 Å². The van der Waals surface area contributed by atoms with Gasteiger partial charge in [-0.1, -0.05) is 11.6 Å². The maximum absolute atomic E-state index is 12.1. The SMILES string of the molecule is CC(=O)NCCNC(=O)C1CCN(c2ccc(Cl)cn2)CC1. The first-order valence-corrected chi connectivity index (χ1v) is 7.82. The summed E-state index contributed by atoms with van der Waals surface area (Å²) in [6, 6.07) is 3.72. The van der Waals surface area contributed by atoms with E-state index in [1.54, 1.807) is 6.20 Å². The van der Waals surface area contributed by atoms with E-state index in [-0.39, 0.29) is 17.7 Å². The van der Waals surface area contributed by atoms with E-state index in [2.05, 4.69) is 20.5 Å². The van der Waals surface area contributed by atoms with Crippen molar-refractivity contribution in [3.8, 4) is 0 Å². The van der Waals surface area contributed by atoms with E-state index in [4.69, 9.17) is 11.6 Å². The van der Waals surface area contributed by atoms with Gasteiger partial charge >= 0.3 is 0 Å². The Bertz CT molecular complexity index is 513. The summed E-state index contributed by atoms with van der Waals surface area (Å²) in [5, 5.41) is 6.14. The summed E-state index contributed by atoms with van der Waals surface area (Å²) in [6.07, 6.45) is 3.24. The Morgan fingerprint density at radius 3 is 2.55 bits per heavy atom. The van der Waals surface area contributed by atoms with Crippen molar-refractivity contribution >= 4 is 29.2 Å². The zero-order chi connectivity index (χ0) is 15.9. The molecule has 0 spiro atoms. The fraction of sp³-hybridized carbons (Fsp3) is 0.533. The molecule has 1 aromatic heterocycles. The van der Waals surface area contributed by atoms with E-state index in [1.807, 2.05) is 12.1 Å². The maximum atomic E-state index is 12.1. The molecule has 1 aromatic rings.